The molecule has 0 unspecified atom stereocenters. The van der Waals surface area contributed by atoms with Gasteiger partial charge >= 0.3 is 0 Å². The lowest BCUT2D eigenvalue weighted by Crippen LogP contribution is -2.49. The van der Waals surface area contributed by atoms with Crippen molar-refractivity contribution in [1.29, 1.82) is 5.26 Å². The Balaban J connectivity index is 1.42. The average Bonchev–Trinajstić information content (AvgIpc) is 3.33. The van der Waals surface area contributed by atoms with Gasteiger partial charge in [0.15, 0.2) is 0 Å². The summed E-state index contributed by atoms with van der Waals surface area (Å²) in [6, 6.07) is 9.46. The van der Waals surface area contributed by atoms with Gasteiger partial charge in [-0.1, -0.05) is 30.3 Å². The van der Waals surface area contributed by atoms with E-state index in [0.717, 1.165) is 19.3 Å². The van der Waals surface area contributed by atoms with Gasteiger partial charge in [-0.3, -0.25) is 14.5 Å². The molecule has 138 valence electrons. The maximum atomic E-state index is 13.0. The highest BCUT2D eigenvalue weighted by molar-refractivity contribution is 5.89. The number of amides is 2. The van der Waals surface area contributed by atoms with Gasteiger partial charge in [0.05, 0.1) is 6.07 Å². The Morgan fingerprint density at radius 3 is 2.59 bits per heavy atom. The monoisotopic (exact) mass is 361 g/mol. The summed E-state index contributed by atoms with van der Waals surface area (Å²) in [6.07, 6.45) is 10.7. The van der Waals surface area contributed by atoms with Crippen molar-refractivity contribution >= 4 is 11.8 Å². The van der Waals surface area contributed by atoms with Crippen LogP contribution in [0.4, 0.5) is 0 Å². The number of nitrogens with zero attached hydrogens (tertiary/aromatic N) is 3. The Labute approximate surface area is 159 Å². The minimum absolute atomic E-state index is 0.0636. The highest BCUT2D eigenvalue weighted by atomic mass is 16.2. The lowest BCUT2D eigenvalue weighted by Gasteiger charge is -2.31. The number of likely N-dealkylation sites (tertiary alicyclic amines) is 1. The van der Waals surface area contributed by atoms with Crippen molar-refractivity contribution in [3.05, 3.63) is 59.8 Å². The Kier molecular flexibility index (Phi) is 4.81. The molecule has 5 heteroatoms. The van der Waals surface area contributed by atoms with Gasteiger partial charge in [-0.05, 0) is 54.9 Å². The third-order valence-corrected chi connectivity index (χ3v) is 5.79. The second-order valence-electron chi connectivity index (χ2n) is 7.54. The number of hydrogen-bond acceptors (Lipinski definition) is 3. The van der Waals surface area contributed by atoms with Crippen molar-refractivity contribution in [2.24, 2.45) is 5.92 Å². The molecule has 5 nitrogen and oxygen atoms in total. The number of fused-ring (bicyclic) bond motifs is 1. The largest absolute Gasteiger partial charge is 0.331 e. The summed E-state index contributed by atoms with van der Waals surface area (Å²) < 4.78 is 0. The van der Waals surface area contributed by atoms with Gasteiger partial charge in [0.2, 0.25) is 5.91 Å². The topological polar surface area (TPSA) is 64.4 Å². The van der Waals surface area contributed by atoms with Crippen molar-refractivity contribution < 1.29 is 9.59 Å². The fourth-order valence-corrected chi connectivity index (χ4v) is 4.47. The first-order chi connectivity index (χ1) is 13.2. The number of nitriles is 1. The second kappa shape index (κ2) is 7.40. The molecule has 0 spiro atoms. The maximum absolute atomic E-state index is 13.0. The summed E-state index contributed by atoms with van der Waals surface area (Å²) >= 11 is 0. The van der Waals surface area contributed by atoms with E-state index in [1.54, 1.807) is 29.3 Å². The van der Waals surface area contributed by atoms with Crippen LogP contribution >= 0.6 is 0 Å². The third kappa shape index (κ3) is 3.40. The van der Waals surface area contributed by atoms with Crippen molar-refractivity contribution in [3.63, 3.8) is 0 Å². The van der Waals surface area contributed by atoms with E-state index in [4.69, 9.17) is 0 Å². The van der Waals surface area contributed by atoms with Crippen LogP contribution in [0.1, 0.15) is 30.4 Å². The summed E-state index contributed by atoms with van der Waals surface area (Å²) in [6.45, 7) is 0.625. The summed E-state index contributed by atoms with van der Waals surface area (Å²) in [5.74, 6) is 0.229. The molecule has 1 aromatic carbocycles. The molecule has 2 amide bonds. The lowest BCUT2D eigenvalue weighted by atomic mass is 10.0. The standard InChI is InChI=1S/C22H23N3O2/c23-15-19-8-3-4-10-24(19)22(27)20-9-5-11-25(20)21(26)14-16-12-17-6-1-2-7-18(17)13-16/h1-4,6-8,10,16,19-20H,5,9,11-14H2/t19-,20-/m0/s1. The molecular formula is C22H23N3O2. The van der Waals surface area contributed by atoms with Crippen LogP contribution in [0.25, 0.3) is 0 Å². The number of hydrogen-bond donors (Lipinski definition) is 0. The molecular weight excluding hydrogens is 338 g/mol. The van der Waals surface area contributed by atoms with Crippen LogP contribution in [0, 0.1) is 17.2 Å². The Morgan fingerprint density at radius 1 is 1.15 bits per heavy atom. The van der Waals surface area contributed by atoms with Crippen molar-refractivity contribution in [1.82, 2.24) is 9.80 Å². The molecule has 0 aromatic heterocycles. The van der Waals surface area contributed by atoms with E-state index in [1.165, 1.54) is 16.0 Å². The van der Waals surface area contributed by atoms with Crippen LogP contribution in [0.3, 0.4) is 0 Å². The van der Waals surface area contributed by atoms with Crippen LogP contribution in [-0.2, 0) is 22.4 Å². The third-order valence-electron chi connectivity index (χ3n) is 5.79. The van der Waals surface area contributed by atoms with Crippen LogP contribution < -0.4 is 0 Å². The minimum atomic E-state index is -0.593. The maximum Gasteiger partial charge on any atom is 0.250 e. The first-order valence-electron chi connectivity index (χ1n) is 9.60. The van der Waals surface area contributed by atoms with Gasteiger partial charge in [0.25, 0.3) is 5.91 Å². The van der Waals surface area contributed by atoms with Gasteiger partial charge in [0, 0.05) is 19.2 Å². The van der Waals surface area contributed by atoms with E-state index >= 15 is 0 Å². The van der Waals surface area contributed by atoms with Gasteiger partial charge in [0.1, 0.15) is 12.1 Å². The molecule has 2 aliphatic heterocycles. The number of allylic oxidation sites excluding steroid dienone is 2. The molecule has 1 aliphatic carbocycles. The van der Waals surface area contributed by atoms with E-state index in [1.807, 2.05) is 12.1 Å². The lowest BCUT2D eigenvalue weighted by molar-refractivity contribution is -0.143. The predicted octanol–water partition coefficient (Wildman–Crippen LogP) is 2.59. The van der Waals surface area contributed by atoms with Gasteiger partial charge in [-0.25, -0.2) is 0 Å². The number of carbonyl (C=O) groups excluding carboxylic acids is 2. The quantitative estimate of drug-likeness (QED) is 0.831. The van der Waals surface area contributed by atoms with Gasteiger partial charge in [-0.15, -0.1) is 0 Å². The van der Waals surface area contributed by atoms with E-state index < -0.39 is 12.1 Å². The van der Waals surface area contributed by atoms with Crippen molar-refractivity contribution in [3.8, 4) is 6.07 Å². The Morgan fingerprint density at radius 2 is 1.89 bits per heavy atom. The fraction of sp³-hybridized carbons (Fsp3) is 0.409. The predicted molar refractivity (Wildman–Crippen MR) is 101 cm³/mol. The highest BCUT2D eigenvalue weighted by Gasteiger charge is 2.38. The molecule has 0 N–H and O–H groups in total. The normalized spacial score (nSPS) is 24.1. The molecule has 2 atom stereocenters. The Hall–Kier alpha value is -2.87. The summed E-state index contributed by atoms with van der Waals surface area (Å²) in [5.41, 5.74) is 2.68. The van der Waals surface area contributed by atoms with Crippen molar-refractivity contribution in [2.75, 3.05) is 6.54 Å². The van der Waals surface area contributed by atoms with E-state index in [2.05, 4.69) is 18.2 Å². The molecule has 1 fully saturated rings. The van der Waals surface area contributed by atoms with Crippen LogP contribution in [0.5, 0.6) is 0 Å². The SMILES string of the molecule is N#C[C@@H]1C=CC=CN1C(=O)[C@@H]1CCCN1C(=O)CC1Cc2ccccc2C1. The second-order valence-corrected chi connectivity index (χ2v) is 7.54. The zero-order chi connectivity index (χ0) is 18.8. The van der Waals surface area contributed by atoms with E-state index in [0.29, 0.717) is 25.3 Å². The molecule has 0 saturated carbocycles. The van der Waals surface area contributed by atoms with Crippen LogP contribution in [-0.4, -0.2) is 40.2 Å². The molecule has 0 radical (unpaired) electrons. The molecule has 4 rings (SSSR count). The Bertz CT molecular complexity index is 826. The number of benzene rings is 1. The van der Waals surface area contributed by atoms with E-state index in [9.17, 15) is 14.9 Å². The summed E-state index contributed by atoms with van der Waals surface area (Å²) in [4.78, 5) is 29.2. The van der Waals surface area contributed by atoms with E-state index in [-0.39, 0.29) is 11.8 Å². The molecule has 0 bridgehead atoms. The average molecular weight is 361 g/mol. The minimum Gasteiger partial charge on any atom is -0.331 e. The first-order valence-corrected chi connectivity index (χ1v) is 9.60. The molecule has 2 heterocycles. The first kappa shape index (κ1) is 17.5. The van der Waals surface area contributed by atoms with Gasteiger partial charge in [-0.2, -0.15) is 5.26 Å². The van der Waals surface area contributed by atoms with Crippen molar-refractivity contribution in [2.45, 2.75) is 44.2 Å². The molecule has 1 saturated heterocycles. The van der Waals surface area contributed by atoms with Crippen LogP contribution in [0.15, 0.2) is 48.7 Å². The molecule has 3 aliphatic rings. The summed E-state index contributed by atoms with van der Waals surface area (Å²) in [5, 5.41) is 9.29. The molecule has 1 aromatic rings. The van der Waals surface area contributed by atoms with Crippen LogP contribution in [0.2, 0.25) is 0 Å². The molecule has 27 heavy (non-hydrogen) atoms. The van der Waals surface area contributed by atoms with Gasteiger partial charge < -0.3 is 4.90 Å². The number of rotatable bonds is 3. The smallest absolute Gasteiger partial charge is 0.250 e. The number of carbonyl (C=O) groups is 2. The zero-order valence-corrected chi connectivity index (χ0v) is 15.3. The summed E-state index contributed by atoms with van der Waals surface area (Å²) in [7, 11) is 0. The fourth-order valence-electron chi connectivity index (χ4n) is 4.47. The highest BCUT2D eigenvalue weighted by Crippen LogP contribution is 2.30. The zero-order valence-electron chi connectivity index (χ0n) is 15.3.